The molecule has 0 aliphatic rings. The number of carbonyl (C=O) groups is 1. The third-order valence-electron chi connectivity index (χ3n) is 1.61. The Morgan fingerprint density at radius 2 is 2.07 bits per heavy atom. The molecule has 0 unspecified atom stereocenters. The average molecular weight is 213 g/mol. The number of aryl methyl sites for hydroxylation is 1. The lowest BCUT2D eigenvalue weighted by molar-refractivity contribution is 0.00707. The highest BCUT2D eigenvalue weighted by Crippen LogP contribution is 2.26. The van der Waals surface area contributed by atoms with Gasteiger partial charge in [-0.15, -0.1) is 11.3 Å². The van der Waals surface area contributed by atoms with Gasteiger partial charge in [0.25, 0.3) is 0 Å². The van der Waals surface area contributed by atoms with E-state index in [4.69, 9.17) is 10.5 Å². The number of ether oxygens (including phenoxy) is 1. The van der Waals surface area contributed by atoms with Gasteiger partial charge in [-0.05, 0) is 27.7 Å². The van der Waals surface area contributed by atoms with Gasteiger partial charge < -0.3 is 10.5 Å². The van der Waals surface area contributed by atoms with E-state index >= 15 is 0 Å². The number of esters is 1. The Morgan fingerprint density at radius 1 is 1.50 bits per heavy atom. The molecule has 0 saturated carbocycles. The molecule has 0 aliphatic carbocycles. The number of thiophene rings is 1. The number of anilines is 1. The van der Waals surface area contributed by atoms with Crippen LogP contribution in [0.4, 0.5) is 5.69 Å². The molecule has 1 rings (SSSR count). The van der Waals surface area contributed by atoms with Crippen molar-refractivity contribution in [1.82, 2.24) is 0 Å². The largest absolute Gasteiger partial charge is 0.456 e. The van der Waals surface area contributed by atoms with Crippen molar-refractivity contribution in [3.63, 3.8) is 0 Å². The smallest absolute Gasteiger partial charge is 0.341 e. The zero-order chi connectivity index (χ0) is 10.9. The topological polar surface area (TPSA) is 52.3 Å². The minimum Gasteiger partial charge on any atom is -0.456 e. The monoisotopic (exact) mass is 213 g/mol. The summed E-state index contributed by atoms with van der Waals surface area (Å²) in [4.78, 5) is 12.6. The maximum atomic E-state index is 11.7. The second-order valence-corrected chi connectivity index (χ2v) is 5.21. The van der Waals surface area contributed by atoms with Gasteiger partial charge in [0.15, 0.2) is 0 Å². The van der Waals surface area contributed by atoms with Crippen molar-refractivity contribution in [1.29, 1.82) is 0 Å². The first-order valence-electron chi connectivity index (χ1n) is 4.38. The van der Waals surface area contributed by atoms with E-state index in [2.05, 4.69) is 0 Å². The Labute approximate surface area is 87.9 Å². The van der Waals surface area contributed by atoms with Gasteiger partial charge in [-0.25, -0.2) is 4.79 Å². The number of rotatable bonds is 1. The normalized spacial score (nSPS) is 11.4. The lowest BCUT2D eigenvalue weighted by Gasteiger charge is -2.19. The third-order valence-corrected chi connectivity index (χ3v) is 2.54. The fourth-order valence-corrected chi connectivity index (χ4v) is 1.80. The molecule has 0 amide bonds. The van der Waals surface area contributed by atoms with Crippen LogP contribution in [0.15, 0.2) is 5.38 Å². The Balaban J connectivity index is 2.90. The first-order chi connectivity index (χ1) is 6.31. The summed E-state index contributed by atoms with van der Waals surface area (Å²) < 4.78 is 5.23. The fourth-order valence-electron chi connectivity index (χ4n) is 1.06. The van der Waals surface area contributed by atoms with Crippen LogP contribution in [-0.4, -0.2) is 11.6 Å². The summed E-state index contributed by atoms with van der Waals surface area (Å²) in [7, 11) is 0. The predicted octanol–water partition coefficient (Wildman–Crippen LogP) is 2.59. The SMILES string of the molecule is Cc1scc(N)c1C(=O)OC(C)(C)C. The summed E-state index contributed by atoms with van der Waals surface area (Å²) in [5.41, 5.74) is 6.20. The predicted molar refractivity (Wildman–Crippen MR) is 58.6 cm³/mol. The first-order valence-corrected chi connectivity index (χ1v) is 5.26. The quantitative estimate of drug-likeness (QED) is 0.729. The molecule has 0 radical (unpaired) electrons. The number of nitrogens with two attached hydrogens (primary N) is 1. The van der Waals surface area contributed by atoms with Gasteiger partial charge in [0.2, 0.25) is 0 Å². The van der Waals surface area contributed by atoms with Crippen molar-refractivity contribution in [3.8, 4) is 0 Å². The van der Waals surface area contributed by atoms with Crippen LogP contribution in [0.1, 0.15) is 36.0 Å². The fraction of sp³-hybridized carbons (Fsp3) is 0.500. The minimum atomic E-state index is -0.474. The van der Waals surface area contributed by atoms with Crippen molar-refractivity contribution >= 4 is 23.0 Å². The van der Waals surface area contributed by atoms with Crippen LogP contribution in [-0.2, 0) is 4.74 Å². The number of hydrogen-bond acceptors (Lipinski definition) is 4. The van der Waals surface area contributed by atoms with Gasteiger partial charge in [0.05, 0.1) is 11.3 Å². The van der Waals surface area contributed by atoms with Crippen molar-refractivity contribution in [3.05, 3.63) is 15.8 Å². The van der Waals surface area contributed by atoms with Crippen molar-refractivity contribution < 1.29 is 9.53 Å². The van der Waals surface area contributed by atoms with Crippen LogP contribution in [0, 0.1) is 6.92 Å². The van der Waals surface area contributed by atoms with Gasteiger partial charge >= 0.3 is 5.97 Å². The van der Waals surface area contributed by atoms with Crippen molar-refractivity contribution in [2.45, 2.75) is 33.3 Å². The standard InChI is InChI=1S/C10H15NO2S/c1-6-8(7(11)5-14-6)9(12)13-10(2,3)4/h5H,11H2,1-4H3. The van der Waals surface area contributed by atoms with E-state index in [1.807, 2.05) is 27.7 Å². The van der Waals surface area contributed by atoms with E-state index in [0.717, 1.165) is 4.88 Å². The van der Waals surface area contributed by atoms with Crippen LogP contribution >= 0.6 is 11.3 Å². The van der Waals surface area contributed by atoms with Gasteiger partial charge in [0, 0.05) is 10.3 Å². The molecular weight excluding hydrogens is 198 g/mol. The molecule has 0 fully saturated rings. The Kier molecular flexibility index (Phi) is 2.85. The summed E-state index contributed by atoms with van der Waals surface area (Å²) in [6.07, 6.45) is 0. The van der Waals surface area contributed by atoms with Gasteiger partial charge in [-0.2, -0.15) is 0 Å². The average Bonchev–Trinajstić information content (AvgIpc) is 2.27. The molecule has 1 aromatic rings. The first kappa shape index (κ1) is 11.0. The molecule has 0 atom stereocenters. The summed E-state index contributed by atoms with van der Waals surface area (Å²) >= 11 is 1.46. The molecule has 14 heavy (non-hydrogen) atoms. The molecule has 1 heterocycles. The van der Waals surface area contributed by atoms with Crippen LogP contribution < -0.4 is 5.73 Å². The van der Waals surface area contributed by atoms with Crippen LogP contribution in [0.3, 0.4) is 0 Å². The maximum Gasteiger partial charge on any atom is 0.341 e. The van der Waals surface area contributed by atoms with E-state index in [0.29, 0.717) is 11.3 Å². The molecule has 78 valence electrons. The van der Waals surface area contributed by atoms with Crippen molar-refractivity contribution in [2.24, 2.45) is 0 Å². The number of nitrogen functional groups attached to an aromatic ring is 1. The zero-order valence-corrected chi connectivity index (χ0v) is 9.70. The Bertz CT molecular complexity index is 330. The summed E-state index contributed by atoms with van der Waals surface area (Å²) in [6.45, 7) is 7.37. The molecular formula is C10H15NO2S. The summed E-state index contributed by atoms with van der Waals surface area (Å²) in [6, 6.07) is 0. The lowest BCUT2D eigenvalue weighted by Crippen LogP contribution is -2.24. The third kappa shape index (κ3) is 2.48. The zero-order valence-electron chi connectivity index (χ0n) is 8.88. The van der Waals surface area contributed by atoms with Crippen LogP contribution in [0.5, 0.6) is 0 Å². The highest BCUT2D eigenvalue weighted by Gasteiger charge is 2.22. The van der Waals surface area contributed by atoms with Gasteiger partial charge in [0.1, 0.15) is 5.60 Å². The van der Waals surface area contributed by atoms with Crippen LogP contribution in [0.2, 0.25) is 0 Å². The molecule has 0 aromatic carbocycles. The van der Waals surface area contributed by atoms with E-state index in [-0.39, 0.29) is 5.97 Å². The molecule has 0 aliphatic heterocycles. The second-order valence-electron chi connectivity index (χ2n) is 4.12. The Hall–Kier alpha value is -1.03. The van der Waals surface area contributed by atoms with E-state index in [9.17, 15) is 4.79 Å². The van der Waals surface area contributed by atoms with Crippen molar-refractivity contribution in [2.75, 3.05) is 5.73 Å². The summed E-state index contributed by atoms with van der Waals surface area (Å²) in [5.74, 6) is -0.339. The molecule has 0 spiro atoms. The highest BCUT2D eigenvalue weighted by atomic mass is 32.1. The second kappa shape index (κ2) is 3.61. The van der Waals surface area contributed by atoms with E-state index in [1.165, 1.54) is 11.3 Å². The Morgan fingerprint density at radius 3 is 2.43 bits per heavy atom. The molecule has 1 aromatic heterocycles. The molecule has 0 saturated heterocycles. The molecule has 2 N–H and O–H groups in total. The van der Waals surface area contributed by atoms with Gasteiger partial charge in [-0.3, -0.25) is 0 Å². The highest BCUT2D eigenvalue weighted by molar-refractivity contribution is 7.10. The van der Waals surface area contributed by atoms with Crippen LogP contribution in [0.25, 0.3) is 0 Å². The lowest BCUT2D eigenvalue weighted by atomic mass is 10.2. The molecule has 3 nitrogen and oxygen atoms in total. The molecule has 4 heteroatoms. The van der Waals surface area contributed by atoms with E-state index < -0.39 is 5.60 Å². The van der Waals surface area contributed by atoms with Gasteiger partial charge in [-0.1, -0.05) is 0 Å². The number of hydrogen-bond donors (Lipinski definition) is 1. The molecule has 0 bridgehead atoms. The maximum absolute atomic E-state index is 11.7. The number of carbonyl (C=O) groups excluding carboxylic acids is 1. The minimum absolute atomic E-state index is 0.339. The summed E-state index contributed by atoms with van der Waals surface area (Å²) in [5, 5.41) is 1.76. The van der Waals surface area contributed by atoms with E-state index in [1.54, 1.807) is 5.38 Å².